The third-order valence-electron chi connectivity index (χ3n) is 4.48. The van der Waals surface area contributed by atoms with Crippen molar-refractivity contribution >= 4 is 69.0 Å². The molecular formula is C18H27Cl2N5O2S. The molecule has 0 radical (unpaired) electrons. The number of hydrogen-bond donors (Lipinski definition) is 3. The van der Waals surface area contributed by atoms with Crippen LogP contribution in [0.5, 0.6) is 0 Å². The van der Waals surface area contributed by atoms with E-state index in [0.29, 0.717) is 5.69 Å². The summed E-state index contributed by atoms with van der Waals surface area (Å²) in [7, 11) is 0. The summed E-state index contributed by atoms with van der Waals surface area (Å²) in [5.74, 6) is -0.571. The first-order chi connectivity index (χ1) is 12.4. The van der Waals surface area contributed by atoms with E-state index >= 15 is 0 Å². The van der Waals surface area contributed by atoms with Gasteiger partial charge in [0.25, 0.3) is 0 Å². The highest BCUT2D eigenvalue weighted by molar-refractivity contribution is 7.22. The predicted octanol–water partition coefficient (Wildman–Crippen LogP) is 2.78. The van der Waals surface area contributed by atoms with Gasteiger partial charge < -0.3 is 21.3 Å². The standard InChI is InChI=1S/C18H25N5O2S.2ClH/c1-11(2)16(19)17(25)20-10-15(24)21-12-5-6-13-14(9-12)26-18(22-13)23-7-3-4-8-23;;/h5-6,9,11,16H,3-4,7-8,10,19H2,1-2H3,(H,20,25)(H,21,24);2*1H/t16-;;/m0../s1. The maximum Gasteiger partial charge on any atom is 0.243 e. The fraction of sp³-hybridized carbons (Fsp3) is 0.500. The number of amides is 2. The Morgan fingerprint density at radius 1 is 1.25 bits per heavy atom. The average molecular weight is 448 g/mol. The fourth-order valence-corrected chi connectivity index (χ4v) is 3.88. The molecule has 1 aliphatic heterocycles. The van der Waals surface area contributed by atoms with Crippen LogP contribution in [0.3, 0.4) is 0 Å². The van der Waals surface area contributed by atoms with Crippen molar-refractivity contribution in [2.45, 2.75) is 32.7 Å². The lowest BCUT2D eigenvalue weighted by Crippen LogP contribution is -2.46. The molecule has 1 aromatic heterocycles. The number of nitrogens with zero attached hydrogens (tertiary/aromatic N) is 2. The van der Waals surface area contributed by atoms with Crippen molar-refractivity contribution in [2.24, 2.45) is 11.7 Å². The number of thiazole rings is 1. The molecule has 10 heteroatoms. The Hall–Kier alpha value is -1.61. The number of rotatable bonds is 6. The van der Waals surface area contributed by atoms with Crippen molar-refractivity contribution in [1.29, 1.82) is 0 Å². The van der Waals surface area contributed by atoms with Gasteiger partial charge in [0.1, 0.15) is 0 Å². The minimum Gasteiger partial charge on any atom is -0.348 e. The monoisotopic (exact) mass is 447 g/mol. The summed E-state index contributed by atoms with van der Waals surface area (Å²) in [6.07, 6.45) is 2.42. The van der Waals surface area contributed by atoms with E-state index in [0.717, 1.165) is 28.4 Å². The van der Waals surface area contributed by atoms with Crippen LogP contribution in [0.1, 0.15) is 26.7 Å². The summed E-state index contributed by atoms with van der Waals surface area (Å²) in [5.41, 5.74) is 7.39. The number of carbonyl (C=O) groups is 2. The molecule has 4 N–H and O–H groups in total. The first kappa shape index (κ1) is 24.4. The largest absolute Gasteiger partial charge is 0.348 e. The fourth-order valence-electron chi connectivity index (χ4n) is 2.83. The Morgan fingerprint density at radius 3 is 2.57 bits per heavy atom. The zero-order valence-corrected chi connectivity index (χ0v) is 18.4. The van der Waals surface area contributed by atoms with Gasteiger partial charge >= 0.3 is 0 Å². The average Bonchev–Trinajstić information content (AvgIpc) is 3.27. The lowest BCUT2D eigenvalue weighted by molar-refractivity contribution is -0.125. The zero-order chi connectivity index (χ0) is 18.7. The predicted molar refractivity (Wildman–Crippen MR) is 120 cm³/mol. The molecule has 0 spiro atoms. The highest BCUT2D eigenvalue weighted by atomic mass is 35.5. The van der Waals surface area contributed by atoms with E-state index in [1.54, 1.807) is 11.3 Å². The Morgan fingerprint density at radius 2 is 1.93 bits per heavy atom. The molecule has 0 unspecified atom stereocenters. The molecule has 2 aromatic rings. The summed E-state index contributed by atoms with van der Waals surface area (Å²) in [4.78, 5) is 30.9. The number of nitrogens with one attached hydrogen (secondary N) is 2. The molecule has 2 amide bonds. The quantitative estimate of drug-likeness (QED) is 0.631. The molecule has 1 aliphatic rings. The third kappa shape index (κ3) is 5.94. The second kappa shape index (κ2) is 10.8. The smallest absolute Gasteiger partial charge is 0.243 e. The molecule has 0 saturated carbocycles. The van der Waals surface area contributed by atoms with Gasteiger partial charge in [0.15, 0.2) is 5.13 Å². The first-order valence-corrected chi connectivity index (χ1v) is 9.74. The molecule has 7 nitrogen and oxygen atoms in total. The molecule has 1 atom stereocenters. The molecule has 3 rings (SSSR count). The van der Waals surface area contributed by atoms with Crippen molar-refractivity contribution in [3.8, 4) is 0 Å². The summed E-state index contributed by atoms with van der Waals surface area (Å²) >= 11 is 1.64. The molecule has 2 heterocycles. The summed E-state index contributed by atoms with van der Waals surface area (Å²) in [6, 6.07) is 5.05. The van der Waals surface area contributed by atoms with Gasteiger partial charge in [-0.05, 0) is 37.0 Å². The number of aromatic nitrogens is 1. The van der Waals surface area contributed by atoms with Gasteiger partial charge in [0.05, 0.1) is 22.8 Å². The van der Waals surface area contributed by atoms with Gasteiger partial charge in [-0.15, -0.1) is 24.8 Å². The van der Waals surface area contributed by atoms with Crippen molar-refractivity contribution in [3.05, 3.63) is 18.2 Å². The van der Waals surface area contributed by atoms with Gasteiger partial charge in [-0.3, -0.25) is 9.59 Å². The van der Waals surface area contributed by atoms with E-state index in [1.165, 1.54) is 12.8 Å². The molecular weight excluding hydrogens is 421 g/mol. The molecule has 0 aliphatic carbocycles. The van der Waals surface area contributed by atoms with Gasteiger partial charge in [-0.2, -0.15) is 0 Å². The Balaban J connectivity index is 0.00000196. The second-order valence-electron chi connectivity index (χ2n) is 6.91. The Labute approximate surface area is 181 Å². The molecule has 1 fully saturated rings. The Kier molecular flexibility index (Phi) is 9.43. The van der Waals surface area contributed by atoms with E-state index < -0.39 is 6.04 Å². The van der Waals surface area contributed by atoms with Gasteiger partial charge in [0.2, 0.25) is 11.8 Å². The number of benzene rings is 1. The minimum atomic E-state index is -0.611. The van der Waals surface area contributed by atoms with Crippen LogP contribution in [0.4, 0.5) is 10.8 Å². The highest BCUT2D eigenvalue weighted by Gasteiger charge is 2.18. The SMILES string of the molecule is CC(C)[C@H](N)C(=O)NCC(=O)Nc1ccc2nc(N3CCCC3)sc2c1.Cl.Cl. The summed E-state index contributed by atoms with van der Waals surface area (Å²) in [5, 5.41) is 6.41. The second-order valence-corrected chi connectivity index (χ2v) is 7.92. The van der Waals surface area contributed by atoms with E-state index in [2.05, 4.69) is 20.5 Å². The van der Waals surface area contributed by atoms with E-state index in [4.69, 9.17) is 5.73 Å². The molecule has 1 aromatic carbocycles. The van der Waals surface area contributed by atoms with E-state index in [1.807, 2.05) is 32.0 Å². The van der Waals surface area contributed by atoms with Gasteiger partial charge in [0, 0.05) is 18.8 Å². The van der Waals surface area contributed by atoms with Crippen LogP contribution in [0.15, 0.2) is 18.2 Å². The van der Waals surface area contributed by atoms with Crippen LogP contribution in [0.2, 0.25) is 0 Å². The maximum absolute atomic E-state index is 12.1. The van der Waals surface area contributed by atoms with E-state index in [9.17, 15) is 9.59 Å². The molecule has 0 bridgehead atoms. The van der Waals surface area contributed by atoms with Gasteiger partial charge in [-0.25, -0.2) is 4.98 Å². The van der Waals surface area contributed by atoms with Crippen LogP contribution >= 0.6 is 36.2 Å². The van der Waals surface area contributed by atoms with Crippen molar-refractivity contribution in [1.82, 2.24) is 10.3 Å². The van der Waals surface area contributed by atoms with E-state index in [-0.39, 0.29) is 49.1 Å². The minimum absolute atomic E-state index is 0. The van der Waals surface area contributed by atoms with Crippen LogP contribution in [-0.4, -0.2) is 42.5 Å². The van der Waals surface area contributed by atoms with Gasteiger partial charge in [-0.1, -0.05) is 25.2 Å². The lowest BCUT2D eigenvalue weighted by Gasteiger charge is -2.15. The topological polar surface area (TPSA) is 100 Å². The molecule has 28 heavy (non-hydrogen) atoms. The highest BCUT2D eigenvalue weighted by Crippen LogP contribution is 2.32. The molecule has 1 saturated heterocycles. The lowest BCUT2D eigenvalue weighted by atomic mass is 10.1. The number of anilines is 2. The molecule has 156 valence electrons. The van der Waals surface area contributed by atoms with Crippen molar-refractivity contribution < 1.29 is 9.59 Å². The third-order valence-corrected chi connectivity index (χ3v) is 5.56. The number of halogens is 2. The first-order valence-electron chi connectivity index (χ1n) is 8.92. The Bertz CT molecular complexity index is 808. The van der Waals surface area contributed by atoms with Crippen LogP contribution in [0.25, 0.3) is 10.2 Å². The summed E-state index contributed by atoms with van der Waals surface area (Å²) in [6.45, 7) is 5.75. The maximum atomic E-state index is 12.1. The van der Waals surface area contributed by atoms with Crippen molar-refractivity contribution in [2.75, 3.05) is 29.9 Å². The number of carbonyl (C=O) groups excluding carboxylic acids is 2. The number of nitrogens with two attached hydrogens (primary N) is 1. The van der Waals surface area contributed by atoms with Crippen LogP contribution < -0.4 is 21.3 Å². The van der Waals surface area contributed by atoms with Crippen LogP contribution in [0, 0.1) is 5.92 Å². The van der Waals surface area contributed by atoms with Crippen molar-refractivity contribution in [3.63, 3.8) is 0 Å². The zero-order valence-electron chi connectivity index (χ0n) is 15.9. The number of hydrogen-bond acceptors (Lipinski definition) is 6. The normalized spacial score (nSPS) is 14.4. The van der Waals surface area contributed by atoms with Crippen LogP contribution in [-0.2, 0) is 9.59 Å². The number of fused-ring (bicyclic) bond motifs is 1. The summed E-state index contributed by atoms with van der Waals surface area (Å²) < 4.78 is 1.04.